The van der Waals surface area contributed by atoms with E-state index in [2.05, 4.69) is 5.32 Å². The second-order valence-electron chi connectivity index (χ2n) is 4.71. The summed E-state index contributed by atoms with van der Waals surface area (Å²) in [6, 6.07) is 9.54. The van der Waals surface area contributed by atoms with Gasteiger partial charge in [0.05, 0.1) is 11.1 Å². The van der Waals surface area contributed by atoms with Crippen molar-refractivity contribution in [3.05, 3.63) is 64.2 Å². The van der Waals surface area contributed by atoms with Crippen LogP contribution < -0.4 is 5.32 Å². The van der Waals surface area contributed by atoms with Gasteiger partial charge in [-0.2, -0.15) is 0 Å². The van der Waals surface area contributed by atoms with E-state index in [1.807, 2.05) is 0 Å². The van der Waals surface area contributed by atoms with E-state index in [1.165, 1.54) is 12.1 Å². The number of halogens is 3. The highest BCUT2D eigenvalue weighted by molar-refractivity contribution is 6.31. The molecule has 0 spiro atoms. The van der Waals surface area contributed by atoms with Gasteiger partial charge in [0.2, 0.25) is 0 Å². The van der Waals surface area contributed by atoms with Gasteiger partial charge in [-0.25, -0.2) is 8.78 Å². The fourth-order valence-corrected chi connectivity index (χ4v) is 2.70. The molecule has 1 aliphatic carbocycles. The quantitative estimate of drug-likeness (QED) is 0.839. The number of hydrogen-bond donors (Lipinski definition) is 1. The van der Waals surface area contributed by atoms with Crippen molar-refractivity contribution in [1.82, 2.24) is 0 Å². The predicted molar refractivity (Wildman–Crippen MR) is 72.5 cm³/mol. The third-order valence-corrected chi connectivity index (χ3v) is 3.73. The molecular formula is C15H12ClF2N. The van der Waals surface area contributed by atoms with Crippen molar-refractivity contribution in [2.75, 3.05) is 5.32 Å². The highest BCUT2D eigenvalue weighted by Gasteiger charge is 2.22. The molecule has 1 N–H and O–H groups in total. The van der Waals surface area contributed by atoms with Crippen molar-refractivity contribution in [2.45, 2.75) is 18.9 Å². The van der Waals surface area contributed by atoms with E-state index in [-0.39, 0.29) is 16.9 Å². The standard InChI is InChI=1S/C15H12ClF2N/c16-13-8-11(3-5-14(13)18)19-15-6-1-9-7-10(17)2-4-12(9)15/h2-5,7-8,15,19H,1,6H2. The van der Waals surface area contributed by atoms with Crippen LogP contribution in [0.1, 0.15) is 23.6 Å². The Morgan fingerprint density at radius 1 is 1.11 bits per heavy atom. The average Bonchev–Trinajstić information content (AvgIpc) is 2.76. The fraction of sp³-hybridized carbons (Fsp3) is 0.200. The minimum atomic E-state index is -0.430. The van der Waals surface area contributed by atoms with Crippen LogP contribution in [0, 0.1) is 11.6 Å². The summed E-state index contributed by atoms with van der Waals surface area (Å²) in [5.74, 6) is -0.634. The lowest BCUT2D eigenvalue weighted by Gasteiger charge is -2.16. The van der Waals surface area contributed by atoms with Crippen LogP contribution in [0.5, 0.6) is 0 Å². The molecule has 0 heterocycles. The van der Waals surface area contributed by atoms with Gasteiger partial charge >= 0.3 is 0 Å². The molecule has 1 atom stereocenters. The highest BCUT2D eigenvalue weighted by atomic mass is 35.5. The van der Waals surface area contributed by atoms with Gasteiger partial charge in [-0.1, -0.05) is 17.7 Å². The summed E-state index contributed by atoms with van der Waals surface area (Å²) >= 11 is 5.76. The zero-order valence-electron chi connectivity index (χ0n) is 10.1. The van der Waals surface area contributed by atoms with Crippen LogP contribution in [-0.4, -0.2) is 0 Å². The Labute approximate surface area is 115 Å². The Morgan fingerprint density at radius 3 is 2.74 bits per heavy atom. The molecule has 0 fully saturated rings. The number of aryl methyl sites for hydroxylation is 1. The molecule has 4 heteroatoms. The largest absolute Gasteiger partial charge is 0.378 e. The summed E-state index contributed by atoms with van der Waals surface area (Å²) in [6.45, 7) is 0. The minimum absolute atomic E-state index is 0.0994. The Balaban J connectivity index is 1.84. The molecule has 0 aromatic heterocycles. The molecule has 0 bridgehead atoms. The normalized spacial score (nSPS) is 17.3. The molecule has 19 heavy (non-hydrogen) atoms. The smallest absolute Gasteiger partial charge is 0.141 e. The zero-order chi connectivity index (χ0) is 13.4. The van der Waals surface area contributed by atoms with Crippen LogP contribution in [0.3, 0.4) is 0 Å². The van der Waals surface area contributed by atoms with Gasteiger partial charge in [0.15, 0.2) is 0 Å². The van der Waals surface area contributed by atoms with Crippen molar-refractivity contribution >= 4 is 17.3 Å². The minimum Gasteiger partial charge on any atom is -0.378 e. The lowest BCUT2D eigenvalue weighted by molar-refractivity contribution is 0.625. The highest BCUT2D eigenvalue weighted by Crippen LogP contribution is 2.34. The Bertz CT molecular complexity index is 628. The SMILES string of the molecule is Fc1ccc2c(c1)CCC2Nc1ccc(F)c(Cl)c1. The summed E-state index contributed by atoms with van der Waals surface area (Å²) in [5.41, 5.74) is 2.90. The first-order valence-corrected chi connectivity index (χ1v) is 6.51. The lowest BCUT2D eigenvalue weighted by atomic mass is 10.1. The van der Waals surface area contributed by atoms with Gasteiger partial charge < -0.3 is 5.32 Å². The van der Waals surface area contributed by atoms with E-state index in [0.717, 1.165) is 29.7 Å². The molecule has 2 aromatic rings. The summed E-state index contributed by atoms with van der Waals surface area (Å²) in [4.78, 5) is 0. The Kier molecular flexibility index (Phi) is 3.15. The van der Waals surface area contributed by atoms with Crippen molar-refractivity contribution in [3.8, 4) is 0 Å². The maximum atomic E-state index is 13.1. The zero-order valence-corrected chi connectivity index (χ0v) is 10.8. The molecule has 3 rings (SSSR count). The number of anilines is 1. The number of benzene rings is 2. The fourth-order valence-electron chi connectivity index (χ4n) is 2.52. The van der Waals surface area contributed by atoms with Gasteiger partial charge in [-0.05, 0) is 54.3 Å². The third-order valence-electron chi connectivity index (χ3n) is 3.44. The molecule has 0 saturated carbocycles. The van der Waals surface area contributed by atoms with E-state index < -0.39 is 5.82 Å². The van der Waals surface area contributed by atoms with Gasteiger partial charge in [-0.15, -0.1) is 0 Å². The number of rotatable bonds is 2. The second-order valence-corrected chi connectivity index (χ2v) is 5.11. The molecule has 1 aliphatic rings. The number of hydrogen-bond acceptors (Lipinski definition) is 1. The van der Waals surface area contributed by atoms with Gasteiger partial charge in [0.1, 0.15) is 11.6 Å². The second kappa shape index (κ2) is 4.82. The van der Waals surface area contributed by atoms with Crippen molar-refractivity contribution in [3.63, 3.8) is 0 Å². The molecule has 0 saturated heterocycles. The maximum Gasteiger partial charge on any atom is 0.141 e. The first-order valence-electron chi connectivity index (χ1n) is 6.13. The van der Waals surface area contributed by atoms with Crippen LogP contribution in [-0.2, 0) is 6.42 Å². The van der Waals surface area contributed by atoms with E-state index in [1.54, 1.807) is 24.3 Å². The number of nitrogens with one attached hydrogen (secondary N) is 1. The average molecular weight is 280 g/mol. The van der Waals surface area contributed by atoms with Crippen molar-refractivity contribution in [1.29, 1.82) is 0 Å². The van der Waals surface area contributed by atoms with Gasteiger partial charge in [0.25, 0.3) is 0 Å². The molecular weight excluding hydrogens is 268 g/mol. The first kappa shape index (κ1) is 12.4. The predicted octanol–water partition coefficient (Wildman–Crippen LogP) is 4.72. The summed E-state index contributed by atoms with van der Waals surface area (Å²) in [6.07, 6.45) is 1.74. The Morgan fingerprint density at radius 2 is 1.95 bits per heavy atom. The summed E-state index contributed by atoms with van der Waals surface area (Å²) < 4.78 is 26.2. The Hall–Kier alpha value is -1.61. The van der Waals surface area contributed by atoms with E-state index in [4.69, 9.17) is 11.6 Å². The van der Waals surface area contributed by atoms with Gasteiger partial charge in [-0.3, -0.25) is 0 Å². The van der Waals surface area contributed by atoms with E-state index in [0.29, 0.717) is 0 Å². The van der Waals surface area contributed by atoms with Crippen LogP contribution in [0.2, 0.25) is 5.02 Å². The third kappa shape index (κ3) is 2.43. The molecule has 2 aromatic carbocycles. The van der Waals surface area contributed by atoms with E-state index in [9.17, 15) is 8.78 Å². The maximum absolute atomic E-state index is 13.1. The van der Waals surface area contributed by atoms with Gasteiger partial charge in [0, 0.05) is 5.69 Å². The molecule has 1 unspecified atom stereocenters. The monoisotopic (exact) mass is 279 g/mol. The molecule has 0 amide bonds. The topological polar surface area (TPSA) is 12.0 Å². The summed E-state index contributed by atoms with van der Waals surface area (Å²) in [5, 5.41) is 3.41. The van der Waals surface area contributed by atoms with Crippen molar-refractivity contribution < 1.29 is 8.78 Å². The molecule has 1 nitrogen and oxygen atoms in total. The van der Waals surface area contributed by atoms with Crippen LogP contribution in [0.4, 0.5) is 14.5 Å². The number of fused-ring (bicyclic) bond motifs is 1. The molecule has 0 aliphatic heterocycles. The van der Waals surface area contributed by atoms with Crippen LogP contribution in [0.25, 0.3) is 0 Å². The molecule has 0 radical (unpaired) electrons. The van der Waals surface area contributed by atoms with Crippen LogP contribution in [0.15, 0.2) is 36.4 Å². The molecule has 98 valence electrons. The summed E-state index contributed by atoms with van der Waals surface area (Å²) in [7, 11) is 0. The lowest BCUT2D eigenvalue weighted by Crippen LogP contribution is -2.07. The first-order chi connectivity index (χ1) is 9.13. The van der Waals surface area contributed by atoms with E-state index >= 15 is 0 Å². The van der Waals surface area contributed by atoms with Crippen molar-refractivity contribution in [2.24, 2.45) is 0 Å². The van der Waals surface area contributed by atoms with Crippen LogP contribution >= 0.6 is 11.6 Å².